The van der Waals surface area contributed by atoms with Crippen molar-refractivity contribution in [1.29, 1.82) is 0 Å². The van der Waals surface area contributed by atoms with E-state index in [0.717, 1.165) is 38.2 Å². The monoisotopic (exact) mass is 265 g/mol. The molecule has 0 bridgehead atoms. The maximum absolute atomic E-state index is 5.87. The highest BCUT2D eigenvalue weighted by Crippen LogP contribution is 2.40. The highest BCUT2D eigenvalue weighted by atomic mass is 16.5. The van der Waals surface area contributed by atoms with Gasteiger partial charge >= 0.3 is 0 Å². The van der Waals surface area contributed by atoms with E-state index >= 15 is 0 Å². The van der Waals surface area contributed by atoms with Gasteiger partial charge in [-0.3, -0.25) is 0 Å². The number of hydrogen-bond donors (Lipinski definition) is 1. The number of nitrogens with zero attached hydrogens (tertiary/aromatic N) is 2. The maximum atomic E-state index is 5.87. The molecule has 1 saturated carbocycles. The zero-order chi connectivity index (χ0) is 13.3. The molecule has 2 N–H and O–H groups in total. The van der Waals surface area contributed by atoms with Gasteiger partial charge in [-0.1, -0.05) is 11.6 Å². The van der Waals surface area contributed by atoms with Crippen LogP contribution in [0.3, 0.4) is 0 Å². The smallest absolute Gasteiger partial charge is 0.230 e. The van der Waals surface area contributed by atoms with E-state index in [2.05, 4.69) is 17.1 Å². The summed E-state index contributed by atoms with van der Waals surface area (Å²) in [4.78, 5) is 4.63. The number of hydrogen-bond acceptors (Lipinski definition) is 5. The highest BCUT2D eigenvalue weighted by molar-refractivity contribution is 5.05. The van der Waals surface area contributed by atoms with Gasteiger partial charge in [0.2, 0.25) is 11.7 Å². The molecule has 0 radical (unpaired) electrons. The van der Waals surface area contributed by atoms with Crippen molar-refractivity contribution in [1.82, 2.24) is 10.1 Å². The lowest BCUT2D eigenvalue weighted by molar-refractivity contribution is -0.0770. The minimum Gasteiger partial charge on any atom is -0.367 e. The first kappa shape index (κ1) is 13.1. The van der Waals surface area contributed by atoms with Crippen molar-refractivity contribution < 1.29 is 9.26 Å². The molecule has 2 aliphatic rings. The Hall–Kier alpha value is -0.940. The van der Waals surface area contributed by atoms with Crippen LogP contribution in [-0.2, 0) is 10.3 Å². The second-order valence-corrected chi connectivity index (χ2v) is 6.03. The standard InChI is InChI=1S/C14H23N3O2/c1-14(7-2-3-8-18-14)13-16-12(19-17-13)11-6-4-5-10(11)9-15/h10-11H,2-9,15H2,1H3. The number of ether oxygens (including phenoxy) is 1. The molecular weight excluding hydrogens is 242 g/mol. The molecule has 5 heteroatoms. The maximum Gasteiger partial charge on any atom is 0.230 e. The normalized spacial score (nSPS) is 35.7. The molecule has 106 valence electrons. The summed E-state index contributed by atoms with van der Waals surface area (Å²) in [5.41, 5.74) is 5.46. The van der Waals surface area contributed by atoms with Crippen LogP contribution < -0.4 is 5.73 Å². The lowest BCUT2D eigenvalue weighted by atomic mass is 9.94. The largest absolute Gasteiger partial charge is 0.367 e. The molecular formula is C14H23N3O2. The van der Waals surface area contributed by atoms with Gasteiger partial charge in [0, 0.05) is 12.5 Å². The second kappa shape index (κ2) is 5.21. The summed E-state index contributed by atoms with van der Waals surface area (Å²) in [5.74, 6) is 2.31. The molecule has 0 amide bonds. The fourth-order valence-electron chi connectivity index (χ4n) is 3.36. The van der Waals surface area contributed by atoms with Crippen LogP contribution in [0.15, 0.2) is 4.52 Å². The minimum atomic E-state index is -0.364. The molecule has 19 heavy (non-hydrogen) atoms. The first-order valence-electron chi connectivity index (χ1n) is 7.41. The molecule has 3 unspecified atom stereocenters. The van der Waals surface area contributed by atoms with Crippen LogP contribution >= 0.6 is 0 Å². The van der Waals surface area contributed by atoms with Gasteiger partial charge in [-0.15, -0.1) is 0 Å². The molecule has 0 aromatic carbocycles. The topological polar surface area (TPSA) is 74.2 Å². The summed E-state index contributed by atoms with van der Waals surface area (Å²) < 4.78 is 11.4. The molecule has 1 aromatic rings. The summed E-state index contributed by atoms with van der Waals surface area (Å²) in [6.07, 6.45) is 6.75. The van der Waals surface area contributed by atoms with Crippen LogP contribution in [0, 0.1) is 5.92 Å². The molecule has 2 heterocycles. The highest BCUT2D eigenvalue weighted by Gasteiger charge is 2.37. The Morgan fingerprint density at radius 3 is 2.95 bits per heavy atom. The third-order valence-corrected chi connectivity index (χ3v) is 4.66. The first-order valence-corrected chi connectivity index (χ1v) is 7.41. The van der Waals surface area contributed by atoms with Gasteiger partial charge in [0.25, 0.3) is 0 Å². The summed E-state index contributed by atoms with van der Waals surface area (Å²) in [5, 5.41) is 4.17. The molecule has 1 saturated heterocycles. The zero-order valence-electron chi connectivity index (χ0n) is 11.6. The third-order valence-electron chi connectivity index (χ3n) is 4.66. The van der Waals surface area contributed by atoms with Gasteiger partial charge in [-0.05, 0) is 51.5 Å². The van der Waals surface area contributed by atoms with E-state index in [1.54, 1.807) is 0 Å². The van der Waals surface area contributed by atoms with Crippen LogP contribution in [0.2, 0.25) is 0 Å². The van der Waals surface area contributed by atoms with Gasteiger partial charge < -0.3 is 15.0 Å². The second-order valence-electron chi connectivity index (χ2n) is 6.03. The Kier molecular flexibility index (Phi) is 3.58. The predicted molar refractivity (Wildman–Crippen MR) is 70.6 cm³/mol. The summed E-state index contributed by atoms with van der Waals surface area (Å²) in [6, 6.07) is 0. The lowest BCUT2D eigenvalue weighted by Crippen LogP contribution is -2.31. The lowest BCUT2D eigenvalue weighted by Gasteiger charge is -2.30. The predicted octanol–water partition coefficient (Wildman–Crippen LogP) is 2.33. The van der Waals surface area contributed by atoms with Crippen LogP contribution in [0.1, 0.15) is 63.1 Å². The average Bonchev–Trinajstić information content (AvgIpc) is 3.08. The molecule has 1 aromatic heterocycles. The number of aromatic nitrogens is 2. The van der Waals surface area contributed by atoms with Crippen molar-refractivity contribution >= 4 is 0 Å². The Balaban J connectivity index is 1.79. The molecule has 1 aliphatic heterocycles. The van der Waals surface area contributed by atoms with Crippen LogP contribution in [0.5, 0.6) is 0 Å². The Morgan fingerprint density at radius 2 is 2.21 bits per heavy atom. The summed E-state index contributed by atoms with van der Waals surface area (Å²) in [7, 11) is 0. The summed E-state index contributed by atoms with van der Waals surface area (Å²) in [6.45, 7) is 3.56. The van der Waals surface area contributed by atoms with Crippen molar-refractivity contribution in [3.8, 4) is 0 Å². The number of nitrogens with two attached hydrogens (primary N) is 1. The zero-order valence-corrected chi connectivity index (χ0v) is 11.6. The molecule has 3 atom stereocenters. The van der Waals surface area contributed by atoms with Gasteiger partial charge in [0.1, 0.15) is 5.60 Å². The summed E-state index contributed by atoms with van der Waals surface area (Å²) >= 11 is 0. The van der Waals surface area contributed by atoms with E-state index in [-0.39, 0.29) is 5.60 Å². The fraction of sp³-hybridized carbons (Fsp3) is 0.857. The van der Waals surface area contributed by atoms with Crippen molar-refractivity contribution in [2.45, 2.75) is 57.0 Å². The van der Waals surface area contributed by atoms with Gasteiger partial charge in [0.15, 0.2) is 0 Å². The van der Waals surface area contributed by atoms with Gasteiger partial charge in [-0.25, -0.2) is 0 Å². The molecule has 2 fully saturated rings. The van der Waals surface area contributed by atoms with E-state index in [0.29, 0.717) is 24.2 Å². The Bertz CT molecular complexity index is 426. The molecule has 5 nitrogen and oxygen atoms in total. The molecule has 3 rings (SSSR count). The van der Waals surface area contributed by atoms with E-state index in [1.165, 1.54) is 12.8 Å². The van der Waals surface area contributed by atoms with E-state index in [1.807, 2.05) is 0 Å². The van der Waals surface area contributed by atoms with E-state index in [9.17, 15) is 0 Å². The van der Waals surface area contributed by atoms with Gasteiger partial charge in [-0.2, -0.15) is 4.98 Å². The van der Waals surface area contributed by atoms with Gasteiger partial charge in [0.05, 0.1) is 0 Å². The third kappa shape index (κ3) is 2.41. The van der Waals surface area contributed by atoms with E-state index < -0.39 is 0 Å². The molecule has 0 spiro atoms. The Morgan fingerprint density at radius 1 is 1.32 bits per heavy atom. The van der Waals surface area contributed by atoms with Crippen molar-refractivity contribution in [3.63, 3.8) is 0 Å². The molecule has 1 aliphatic carbocycles. The number of rotatable bonds is 3. The quantitative estimate of drug-likeness (QED) is 0.908. The van der Waals surface area contributed by atoms with Crippen LogP contribution in [-0.4, -0.2) is 23.3 Å². The average molecular weight is 265 g/mol. The fourth-order valence-corrected chi connectivity index (χ4v) is 3.36. The van der Waals surface area contributed by atoms with Crippen molar-refractivity contribution in [2.24, 2.45) is 11.7 Å². The minimum absolute atomic E-state index is 0.346. The van der Waals surface area contributed by atoms with Crippen LogP contribution in [0.25, 0.3) is 0 Å². The van der Waals surface area contributed by atoms with Crippen LogP contribution in [0.4, 0.5) is 0 Å². The van der Waals surface area contributed by atoms with Crippen molar-refractivity contribution in [2.75, 3.05) is 13.2 Å². The SMILES string of the molecule is CC1(c2noc(C3CCCC3CN)n2)CCCCO1. The van der Waals surface area contributed by atoms with Crippen molar-refractivity contribution in [3.05, 3.63) is 11.7 Å². The first-order chi connectivity index (χ1) is 9.23. The van der Waals surface area contributed by atoms with E-state index in [4.69, 9.17) is 15.0 Å². The Labute approximate surface area is 113 Å².